The van der Waals surface area contributed by atoms with Crippen LogP contribution in [0.3, 0.4) is 0 Å². The average Bonchev–Trinajstić information content (AvgIpc) is 2.51. The summed E-state index contributed by atoms with van der Waals surface area (Å²) < 4.78 is 13.8. The highest BCUT2D eigenvalue weighted by Gasteiger charge is 2.19. The molecule has 0 aliphatic carbocycles. The lowest BCUT2D eigenvalue weighted by Crippen LogP contribution is -2.46. The van der Waals surface area contributed by atoms with E-state index in [1.807, 2.05) is 19.1 Å². The van der Waals surface area contributed by atoms with E-state index in [0.29, 0.717) is 11.5 Å². The Morgan fingerprint density at radius 3 is 2.43 bits per heavy atom. The summed E-state index contributed by atoms with van der Waals surface area (Å²) in [6, 6.07) is 8.99. The number of benzene rings is 1. The maximum Gasteiger partial charge on any atom is 0.146 e. The van der Waals surface area contributed by atoms with Gasteiger partial charge in [-0.1, -0.05) is 12.1 Å². The third-order valence-corrected chi connectivity index (χ3v) is 3.94. The number of anilines is 3. The van der Waals surface area contributed by atoms with Crippen LogP contribution in [0.2, 0.25) is 0 Å². The molecule has 21 heavy (non-hydrogen) atoms. The Kier molecular flexibility index (Phi) is 3.64. The Morgan fingerprint density at radius 1 is 1.10 bits per heavy atom. The first-order valence-electron chi connectivity index (χ1n) is 7.11. The molecule has 5 heteroatoms. The van der Waals surface area contributed by atoms with Gasteiger partial charge in [0.2, 0.25) is 0 Å². The van der Waals surface area contributed by atoms with Gasteiger partial charge in [-0.15, -0.1) is 0 Å². The number of halogens is 1. The molecule has 0 unspecified atom stereocenters. The number of hydrogen-bond acceptors (Lipinski definition) is 4. The minimum Gasteiger partial charge on any atom is -0.383 e. The second-order valence-electron chi connectivity index (χ2n) is 5.32. The van der Waals surface area contributed by atoms with Gasteiger partial charge in [0.1, 0.15) is 11.6 Å². The highest BCUT2D eigenvalue weighted by atomic mass is 19.1. The van der Waals surface area contributed by atoms with Crippen molar-refractivity contribution in [3.63, 3.8) is 0 Å². The molecule has 2 aromatic rings. The molecule has 0 spiro atoms. The molecule has 0 radical (unpaired) electrons. The summed E-state index contributed by atoms with van der Waals surface area (Å²) in [4.78, 5) is 8.56. The average molecular weight is 286 g/mol. The van der Waals surface area contributed by atoms with Crippen molar-refractivity contribution in [3.8, 4) is 0 Å². The van der Waals surface area contributed by atoms with Crippen LogP contribution in [0.1, 0.15) is 5.56 Å². The standard InChI is InChI=1S/C16H19FN4/c1-12-10-13(11-19-16(12)18)20-6-8-21(9-7-20)15-5-3-2-4-14(15)17/h2-5,10-11H,6-9H2,1H3,(H2,18,19). The smallest absolute Gasteiger partial charge is 0.146 e. The van der Waals surface area contributed by atoms with Crippen LogP contribution in [0.15, 0.2) is 36.5 Å². The van der Waals surface area contributed by atoms with Crippen molar-refractivity contribution >= 4 is 17.2 Å². The van der Waals surface area contributed by atoms with Gasteiger partial charge >= 0.3 is 0 Å². The SMILES string of the molecule is Cc1cc(N2CCN(c3ccccc3F)CC2)cnc1N. The lowest BCUT2D eigenvalue weighted by atomic mass is 10.2. The summed E-state index contributed by atoms with van der Waals surface area (Å²) in [7, 11) is 0. The van der Waals surface area contributed by atoms with Crippen LogP contribution < -0.4 is 15.5 Å². The fourth-order valence-electron chi connectivity index (χ4n) is 2.66. The number of nitrogens with two attached hydrogens (primary N) is 1. The summed E-state index contributed by atoms with van der Waals surface area (Å²) >= 11 is 0. The van der Waals surface area contributed by atoms with Crippen molar-refractivity contribution in [1.29, 1.82) is 0 Å². The van der Waals surface area contributed by atoms with E-state index in [-0.39, 0.29) is 5.82 Å². The predicted octanol–water partition coefficient (Wildman–Crippen LogP) is 2.44. The van der Waals surface area contributed by atoms with Crippen molar-refractivity contribution in [2.45, 2.75) is 6.92 Å². The van der Waals surface area contributed by atoms with Gasteiger partial charge in [0.05, 0.1) is 17.6 Å². The van der Waals surface area contributed by atoms with Crippen LogP contribution in [0.4, 0.5) is 21.6 Å². The Bertz CT molecular complexity index is 636. The molecule has 110 valence electrons. The minimum atomic E-state index is -0.157. The third-order valence-electron chi connectivity index (χ3n) is 3.94. The van der Waals surface area contributed by atoms with E-state index in [1.54, 1.807) is 12.3 Å². The molecular formula is C16H19FN4. The molecule has 4 nitrogen and oxygen atoms in total. The molecule has 0 saturated carbocycles. The molecule has 2 N–H and O–H groups in total. The first-order chi connectivity index (χ1) is 10.1. The van der Waals surface area contributed by atoms with E-state index in [4.69, 9.17) is 5.73 Å². The van der Waals surface area contributed by atoms with Crippen LogP contribution in [0.25, 0.3) is 0 Å². The quantitative estimate of drug-likeness (QED) is 0.921. The number of hydrogen-bond donors (Lipinski definition) is 1. The highest BCUT2D eigenvalue weighted by Crippen LogP contribution is 2.23. The molecule has 1 aromatic carbocycles. The molecule has 1 aliphatic heterocycles. The van der Waals surface area contributed by atoms with Crippen LogP contribution in [-0.4, -0.2) is 31.2 Å². The number of nitrogen functional groups attached to an aromatic ring is 1. The summed E-state index contributed by atoms with van der Waals surface area (Å²) in [5.41, 5.74) is 8.51. The number of aromatic nitrogens is 1. The van der Waals surface area contributed by atoms with Gasteiger partial charge in [-0.05, 0) is 30.7 Å². The van der Waals surface area contributed by atoms with Gasteiger partial charge in [0, 0.05) is 26.2 Å². The third kappa shape index (κ3) is 2.77. The fourth-order valence-corrected chi connectivity index (χ4v) is 2.66. The van der Waals surface area contributed by atoms with Crippen molar-refractivity contribution in [3.05, 3.63) is 47.9 Å². The number of pyridine rings is 1. The van der Waals surface area contributed by atoms with Crippen molar-refractivity contribution in [1.82, 2.24) is 4.98 Å². The molecule has 1 fully saturated rings. The van der Waals surface area contributed by atoms with Crippen molar-refractivity contribution in [2.75, 3.05) is 41.7 Å². The maximum absolute atomic E-state index is 13.8. The van der Waals surface area contributed by atoms with Gasteiger partial charge < -0.3 is 15.5 Å². The van der Waals surface area contributed by atoms with Crippen LogP contribution in [0, 0.1) is 12.7 Å². The second-order valence-corrected chi connectivity index (χ2v) is 5.32. The van der Waals surface area contributed by atoms with E-state index in [2.05, 4.69) is 20.9 Å². The van der Waals surface area contributed by atoms with Crippen molar-refractivity contribution in [2.24, 2.45) is 0 Å². The predicted molar refractivity (Wildman–Crippen MR) is 84.2 cm³/mol. The largest absolute Gasteiger partial charge is 0.383 e. The molecule has 0 bridgehead atoms. The van der Waals surface area contributed by atoms with Gasteiger partial charge in [0.15, 0.2) is 0 Å². The Balaban J connectivity index is 1.70. The molecule has 0 atom stereocenters. The molecular weight excluding hydrogens is 267 g/mol. The number of para-hydroxylation sites is 1. The first kappa shape index (κ1) is 13.7. The zero-order valence-corrected chi connectivity index (χ0v) is 12.1. The fraction of sp³-hybridized carbons (Fsp3) is 0.312. The van der Waals surface area contributed by atoms with E-state index in [9.17, 15) is 4.39 Å². The Hall–Kier alpha value is -2.30. The number of aryl methyl sites for hydroxylation is 1. The van der Waals surface area contributed by atoms with Gasteiger partial charge in [-0.25, -0.2) is 9.37 Å². The zero-order valence-electron chi connectivity index (χ0n) is 12.1. The highest BCUT2D eigenvalue weighted by molar-refractivity contribution is 5.55. The summed E-state index contributed by atoms with van der Waals surface area (Å²) in [6.45, 7) is 5.24. The Morgan fingerprint density at radius 2 is 1.76 bits per heavy atom. The van der Waals surface area contributed by atoms with Crippen molar-refractivity contribution < 1.29 is 4.39 Å². The van der Waals surface area contributed by atoms with Crippen LogP contribution >= 0.6 is 0 Å². The van der Waals surface area contributed by atoms with E-state index < -0.39 is 0 Å². The van der Waals surface area contributed by atoms with E-state index >= 15 is 0 Å². The van der Waals surface area contributed by atoms with Crippen LogP contribution in [0.5, 0.6) is 0 Å². The molecule has 2 heterocycles. The monoisotopic (exact) mass is 286 g/mol. The maximum atomic E-state index is 13.8. The number of piperazine rings is 1. The molecule has 1 aliphatic rings. The Labute approximate surface area is 124 Å². The first-order valence-corrected chi connectivity index (χ1v) is 7.11. The minimum absolute atomic E-state index is 0.157. The molecule has 0 amide bonds. The summed E-state index contributed by atoms with van der Waals surface area (Å²) in [5.74, 6) is 0.416. The number of rotatable bonds is 2. The lowest BCUT2D eigenvalue weighted by molar-refractivity contribution is 0.597. The molecule has 1 saturated heterocycles. The molecule has 1 aromatic heterocycles. The van der Waals surface area contributed by atoms with E-state index in [0.717, 1.165) is 37.4 Å². The van der Waals surface area contributed by atoms with E-state index in [1.165, 1.54) is 6.07 Å². The molecule has 3 rings (SSSR count). The summed E-state index contributed by atoms with van der Waals surface area (Å²) in [5, 5.41) is 0. The normalized spacial score (nSPS) is 15.3. The summed E-state index contributed by atoms with van der Waals surface area (Å²) in [6.07, 6.45) is 1.81. The zero-order chi connectivity index (χ0) is 14.8. The van der Waals surface area contributed by atoms with Gasteiger partial charge in [-0.2, -0.15) is 0 Å². The topological polar surface area (TPSA) is 45.4 Å². The van der Waals surface area contributed by atoms with Crippen LogP contribution in [-0.2, 0) is 0 Å². The van der Waals surface area contributed by atoms with Gasteiger partial charge in [0.25, 0.3) is 0 Å². The number of nitrogens with zero attached hydrogens (tertiary/aromatic N) is 3. The van der Waals surface area contributed by atoms with Gasteiger partial charge in [-0.3, -0.25) is 0 Å². The second kappa shape index (κ2) is 5.60. The lowest BCUT2D eigenvalue weighted by Gasteiger charge is -2.37.